The van der Waals surface area contributed by atoms with Gasteiger partial charge in [0.15, 0.2) is 0 Å². The van der Waals surface area contributed by atoms with Crippen LogP contribution >= 0.6 is 0 Å². The number of hydrogen-bond donors (Lipinski definition) is 1. The van der Waals surface area contributed by atoms with Crippen LogP contribution in [0.25, 0.3) is 0 Å². The predicted octanol–water partition coefficient (Wildman–Crippen LogP) is 2.61. The molecule has 0 saturated heterocycles. The number of aliphatic hydroxyl groups is 1. The molecule has 0 heterocycles. The van der Waals surface area contributed by atoms with Crippen molar-refractivity contribution < 1.29 is 5.11 Å². The van der Waals surface area contributed by atoms with Crippen molar-refractivity contribution in [2.75, 3.05) is 6.61 Å². The molecule has 1 N–H and O–H groups in total. The zero-order valence-corrected chi connectivity index (χ0v) is 8.66. The zero-order chi connectivity index (χ0) is 9.42. The normalized spacial score (nSPS) is 44.4. The highest BCUT2D eigenvalue weighted by atomic mass is 16.3. The Morgan fingerprint density at radius 3 is 2.92 bits per heavy atom. The summed E-state index contributed by atoms with van der Waals surface area (Å²) in [7, 11) is 0. The first-order valence-corrected chi connectivity index (χ1v) is 5.50. The Kier molecular flexibility index (Phi) is 2.46. The summed E-state index contributed by atoms with van der Waals surface area (Å²) in [5.41, 5.74) is 1.57. The summed E-state index contributed by atoms with van der Waals surface area (Å²) < 4.78 is 0. The van der Waals surface area contributed by atoms with E-state index < -0.39 is 0 Å². The van der Waals surface area contributed by atoms with Crippen LogP contribution in [0.4, 0.5) is 0 Å². The third-order valence-corrected chi connectivity index (χ3v) is 4.28. The topological polar surface area (TPSA) is 20.2 Å². The lowest BCUT2D eigenvalue weighted by atomic mass is 9.63. The molecule has 1 heteroatoms. The van der Waals surface area contributed by atoms with E-state index in [-0.39, 0.29) is 0 Å². The first-order valence-electron chi connectivity index (χ1n) is 5.50. The van der Waals surface area contributed by atoms with Gasteiger partial charge < -0.3 is 5.11 Å². The van der Waals surface area contributed by atoms with E-state index in [1.807, 2.05) is 0 Å². The molecule has 0 aromatic carbocycles. The minimum absolute atomic E-state index is 0.390. The maximum Gasteiger partial charge on any atom is 0.0462 e. The Hall–Kier alpha value is -0.300. The van der Waals surface area contributed by atoms with Gasteiger partial charge in [-0.3, -0.25) is 0 Å². The van der Waals surface area contributed by atoms with Crippen LogP contribution in [-0.2, 0) is 0 Å². The summed E-state index contributed by atoms with van der Waals surface area (Å²) in [6.07, 6.45) is 6.26. The summed E-state index contributed by atoms with van der Waals surface area (Å²) in [5, 5.41) is 9.28. The summed E-state index contributed by atoms with van der Waals surface area (Å²) in [4.78, 5) is 0. The molecule has 1 saturated carbocycles. The Morgan fingerprint density at radius 2 is 2.23 bits per heavy atom. The summed E-state index contributed by atoms with van der Waals surface area (Å²) >= 11 is 0. The molecule has 0 radical (unpaired) electrons. The van der Waals surface area contributed by atoms with Gasteiger partial charge in [-0.05, 0) is 49.9 Å². The second-order valence-corrected chi connectivity index (χ2v) is 4.91. The van der Waals surface area contributed by atoms with E-state index >= 15 is 0 Å². The van der Waals surface area contributed by atoms with Gasteiger partial charge in [0.05, 0.1) is 0 Å². The first kappa shape index (κ1) is 9.26. The minimum Gasteiger partial charge on any atom is -0.396 e. The molecule has 13 heavy (non-hydrogen) atoms. The van der Waals surface area contributed by atoms with E-state index in [9.17, 15) is 5.11 Å². The average Bonchev–Trinajstić information content (AvgIpc) is 2.15. The largest absolute Gasteiger partial charge is 0.396 e. The molecule has 74 valence electrons. The Morgan fingerprint density at radius 1 is 1.46 bits per heavy atom. The Labute approximate surface area is 80.8 Å². The molecule has 2 aliphatic rings. The number of rotatable bonds is 1. The molecule has 0 aromatic heterocycles. The highest BCUT2D eigenvalue weighted by Gasteiger charge is 2.36. The van der Waals surface area contributed by atoms with Crippen molar-refractivity contribution in [3.05, 3.63) is 11.6 Å². The molecular formula is C12H20O. The molecule has 4 unspecified atom stereocenters. The second kappa shape index (κ2) is 3.45. The SMILES string of the molecule is CC1=CCC2CC1CC(CO)C2C. The molecule has 0 amide bonds. The van der Waals surface area contributed by atoms with Gasteiger partial charge in [-0.1, -0.05) is 18.6 Å². The van der Waals surface area contributed by atoms with Gasteiger partial charge in [-0.2, -0.15) is 0 Å². The molecule has 2 rings (SSSR count). The maximum absolute atomic E-state index is 9.28. The lowest BCUT2D eigenvalue weighted by Gasteiger charge is -2.42. The van der Waals surface area contributed by atoms with Crippen molar-refractivity contribution in [1.29, 1.82) is 0 Å². The van der Waals surface area contributed by atoms with Crippen LogP contribution in [0.15, 0.2) is 11.6 Å². The Bertz CT molecular complexity index is 219. The van der Waals surface area contributed by atoms with Gasteiger partial charge in [-0.15, -0.1) is 0 Å². The van der Waals surface area contributed by atoms with Crippen LogP contribution in [0.3, 0.4) is 0 Å². The summed E-state index contributed by atoms with van der Waals surface area (Å²) in [6.45, 7) is 4.96. The zero-order valence-electron chi connectivity index (χ0n) is 8.66. The van der Waals surface area contributed by atoms with E-state index in [0.717, 1.165) is 17.8 Å². The molecule has 1 nitrogen and oxygen atoms in total. The molecular weight excluding hydrogens is 160 g/mol. The van der Waals surface area contributed by atoms with Crippen LogP contribution in [0, 0.1) is 23.7 Å². The van der Waals surface area contributed by atoms with Gasteiger partial charge in [-0.25, -0.2) is 0 Å². The van der Waals surface area contributed by atoms with Crippen LogP contribution in [-0.4, -0.2) is 11.7 Å². The van der Waals surface area contributed by atoms with Crippen molar-refractivity contribution in [1.82, 2.24) is 0 Å². The molecule has 0 aliphatic heterocycles. The van der Waals surface area contributed by atoms with Crippen LogP contribution in [0.1, 0.15) is 33.1 Å². The molecule has 0 spiro atoms. The Balaban J connectivity index is 2.15. The van der Waals surface area contributed by atoms with E-state index in [0.29, 0.717) is 12.5 Å². The molecule has 1 fully saturated rings. The quantitative estimate of drug-likeness (QED) is 0.615. The fraction of sp³-hybridized carbons (Fsp3) is 0.833. The van der Waals surface area contributed by atoms with Crippen molar-refractivity contribution in [3.8, 4) is 0 Å². The predicted molar refractivity (Wildman–Crippen MR) is 54.3 cm³/mol. The summed E-state index contributed by atoms with van der Waals surface area (Å²) in [5.74, 6) is 2.92. The molecule has 4 atom stereocenters. The van der Waals surface area contributed by atoms with Gasteiger partial charge >= 0.3 is 0 Å². The van der Waals surface area contributed by atoms with Crippen molar-refractivity contribution in [3.63, 3.8) is 0 Å². The van der Waals surface area contributed by atoms with E-state index in [2.05, 4.69) is 19.9 Å². The second-order valence-electron chi connectivity index (χ2n) is 4.91. The van der Waals surface area contributed by atoms with E-state index in [1.54, 1.807) is 5.57 Å². The lowest BCUT2D eigenvalue weighted by molar-refractivity contribution is 0.0729. The first-order chi connectivity index (χ1) is 6.22. The smallest absolute Gasteiger partial charge is 0.0462 e. The van der Waals surface area contributed by atoms with Crippen LogP contribution < -0.4 is 0 Å². The molecule has 2 bridgehead atoms. The van der Waals surface area contributed by atoms with E-state index in [1.165, 1.54) is 19.3 Å². The number of allylic oxidation sites excluding steroid dienone is 2. The fourth-order valence-corrected chi connectivity index (χ4v) is 3.07. The lowest BCUT2D eigenvalue weighted by Crippen LogP contribution is -2.35. The number of fused-ring (bicyclic) bond motifs is 2. The fourth-order valence-electron chi connectivity index (χ4n) is 3.07. The van der Waals surface area contributed by atoms with Crippen molar-refractivity contribution >= 4 is 0 Å². The maximum atomic E-state index is 9.28. The van der Waals surface area contributed by atoms with Gasteiger partial charge in [0.2, 0.25) is 0 Å². The molecule has 2 aliphatic carbocycles. The van der Waals surface area contributed by atoms with Gasteiger partial charge in [0.25, 0.3) is 0 Å². The highest BCUT2D eigenvalue weighted by Crippen LogP contribution is 2.45. The standard InChI is InChI=1S/C12H20O/c1-8-3-4-10-5-11(8)6-12(7-13)9(10)2/h3,9-13H,4-7H2,1-2H3. The third kappa shape index (κ3) is 1.54. The highest BCUT2D eigenvalue weighted by molar-refractivity contribution is 5.11. The van der Waals surface area contributed by atoms with Crippen molar-refractivity contribution in [2.45, 2.75) is 33.1 Å². The molecule has 0 aromatic rings. The van der Waals surface area contributed by atoms with Gasteiger partial charge in [0.1, 0.15) is 0 Å². The third-order valence-electron chi connectivity index (χ3n) is 4.28. The average molecular weight is 180 g/mol. The van der Waals surface area contributed by atoms with E-state index in [4.69, 9.17) is 0 Å². The minimum atomic E-state index is 0.390. The monoisotopic (exact) mass is 180 g/mol. The number of aliphatic hydroxyl groups excluding tert-OH is 1. The van der Waals surface area contributed by atoms with Gasteiger partial charge in [0, 0.05) is 6.61 Å². The van der Waals surface area contributed by atoms with Crippen molar-refractivity contribution in [2.24, 2.45) is 23.7 Å². The van der Waals surface area contributed by atoms with Crippen LogP contribution in [0.5, 0.6) is 0 Å². The number of hydrogen-bond acceptors (Lipinski definition) is 1. The summed E-state index contributed by atoms with van der Waals surface area (Å²) in [6, 6.07) is 0. The van der Waals surface area contributed by atoms with Crippen LogP contribution in [0.2, 0.25) is 0 Å².